The predicted octanol–water partition coefficient (Wildman–Crippen LogP) is 0.123. The lowest BCUT2D eigenvalue weighted by molar-refractivity contribution is 0.253. The number of nitrogens with one attached hydrogen (secondary N) is 1. The second kappa shape index (κ2) is 5.13. The SMILES string of the molecule is CCC(CO)NS(=O)(=O)c1cn(C)c(Cl)n1. The first-order valence-electron chi connectivity index (χ1n) is 4.72. The van der Waals surface area contributed by atoms with Crippen molar-refractivity contribution in [2.24, 2.45) is 7.05 Å². The molecule has 1 aromatic heterocycles. The topological polar surface area (TPSA) is 84.2 Å². The van der Waals surface area contributed by atoms with Crippen LogP contribution in [0.5, 0.6) is 0 Å². The molecule has 0 aromatic carbocycles. The second-order valence-corrected chi connectivity index (χ2v) is 5.37. The molecule has 1 heterocycles. The normalized spacial score (nSPS) is 14.0. The highest BCUT2D eigenvalue weighted by molar-refractivity contribution is 7.89. The number of hydrogen-bond donors (Lipinski definition) is 2. The van der Waals surface area contributed by atoms with Crippen LogP contribution >= 0.6 is 11.6 Å². The molecule has 2 N–H and O–H groups in total. The van der Waals surface area contributed by atoms with Crippen LogP contribution in [0, 0.1) is 0 Å². The van der Waals surface area contributed by atoms with Crippen molar-refractivity contribution < 1.29 is 13.5 Å². The van der Waals surface area contributed by atoms with Gasteiger partial charge in [0.25, 0.3) is 10.0 Å². The first kappa shape index (κ1) is 13.4. The van der Waals surface area contributed by atoms with E-state index in [0.717, 1.165) is 0 Å². The van der Waals surface area contributed by atoms with Crippen LogP contribution in [-0.4, -0.2) is 35.7 Å². The van der Waals surface area contributed by atoms with E-state index in [1.54, 1.807) is 14.0 Å². The number of nitrogens with zero attached hydrogens (tertiary/aromatic N) is 2. The highest BCUT2D eigenvalue weighted by atomic mass is 35.5. The third kappa shape index (κ3) is 2.94. The Morgan fingerprint density at radius 2 is 2.31 bits per heavy atom. The number of aliphatic hydroxyl groups is 1. The summed E-state index contributed by atoms with van der Waals surface area (Å²) < 4.78 is 27.3. The van der Waals surface area contributed by atoms with E-state index >= 15 is 0 Å². The maximum Gasteiger partial charge on any atom is 0.259 e. The Bertz CT molecular complexity index is 434. The van der Waals surface area contributed by atoms with E-state index in [1.165, 1.54) is 10.8 Å². The molecule has 16 heavy (non-hydrogen) atoms. The second-order valence-electron chi connectivity index (χ2n) is 3.37. The molecule has 0 bridgehead atoms. The molecule has 1 rings (SSSR count). The van der Waals surface area contributed by atoms with Crippen molar-refractivity contribution in [3.8, 4) is 0 Å². The van der Waals surface area contributed by atoms with Crippen LogP contribution in [0.15, 0.2) is 11.2 Å². The molecule has 1 unspecified atom stereocenters. The zero-order chi connectivity index (χ0) is 12.3. The van der Waals surface area contributed by atoms with E-state index in [9.17, 15) is 8.42 Å². The summed E-state index contributed by atoms with van der Waals surface area (Å²) in [6.45, 7) is 1.52. The summed E-state index contributed by atoms with van der Waals surface area (Å²) in [6, 6.07) is -0.509. The Hall–Kier alpha value is -0.630. The molecule has 6 nitrogen and oxygen atoms in total. The first-order chi connectivity index (χ1) is 7.40. The van der Waals surface area contributed by atoms with Crippen LogP contribution in [0.1, 0.15) is 13.3 Å². The van der Waals surface area contributed by atoms with Crippen molar-refractivity contribution in [1.29, 1.82) is 0 Å². The van der Waals surface area contributed by atoms with Crippen molar-refractivity contribution >= 4 is 21.6 Å². The Kier molecular flexibility index (Phi) is 4.31. The molecule has 0 aliphatic heterocycles. The summed E-state index contributed by atoms with van der Waals surface area (Å²) in [4.78, 5) is 3.70. The molecular formula is C8H14ClN3O3S. The van der Waals surface area contributed by atoms with Crippen LogP contribution in [0.2, 0.25) is 5.28 Å². The lowest BCUT2D eigenvalue weighted by Crippen LogP contribution is -2.37. The summed E-state index contributed by atoms with van der Waals surface area (Å²) in [6.07, 6.45) is 1.81. The third-order valence-corrected chi connectivity index (χ3v) is 3.85. The molecule has 0 radical (unpaired) electrons. The van der Waals surface area contributed by atoms with Gasteiger partial charge in [-0.05, 0) is 18.0 Å². The van der Waals surface area contributed by atoms with Gasteiger partial charge in [0.1, 0.15) is 0 Å². The molecule has 0 spiro atoms. The minimum atomic E-state index is -3.71. The molecule has 0 fully saturated rings. The number of sulfonamides is 1. The van der Waals surface area contributed by atoms with Crippen molar-refractivity contribution in [1.82, 2.24) is 14.3 Å². The third-order valence-electron chi connectivity index (χ3n) is 2.11. The molecule has 92 valence electrons. The van der Waals surface area contributed by atoms with Gasteiger partial charge in [-0.25, -0.2) is 18.1 Å². The highest BCUT2D eigenvalue weighted by Gasteiger charge is 2.22. The van der Waals surface area contributed by atoms with Crippen molar-refractivity contribution in [2.45, 2.75) is 24.4 Å². The summed E-state index contributed by atoms with van der Waals surface area (Å²) in [5, 5.41) is 8.87. The largest absolute Gasteiger partial charge is 0.395 e. The zero-order valence-corrected chi connectivity index (χ0v) is 10.6. The van der Waals surface area contributed by atoms with Crippen molar-refractivity contribution in [2.75, 3.05) is 6.61 Å². The number of hydrogen-bond acceptors (Lipinski definition) is 4. The summed E-state index contributed by atoms with van der Waals surface area (Å²) in [5.41, 5.74) is 0. The van der Waals surface area contributed by atoms with Crippen LogP contribution in [0.4, 0.5) is 0 Å². The minimum Gasteiger partial charge on any atom is -0.395 e. The van der Waals surface area contributed by atoms with Crippen molar-refractivity contribution in [3.63, 3.8) is 0 Å². The number of aliphatic hydroxyl groups excluding tert-OH is 1. The molecule has 0 aliphatic carbocycles. The van der Waals surface area contributed by atoms with Crippen molar-refractivity contribution in [3.05, 3.63) is 11.5 Å². The molecular weight excluding hydrogens is 254 g/mol. The van der Waals surface area contributed by atoms with Gasteiger partial charge in [0.2, 0.25) is 5.28 Å². The van der Waals surface area contributed by atoms with Gasteiger partial charge in [-0.2, -0.15) is 0 Å². The number of aryl methyl sites for hydroxylation is 1. The van der Waals surface area contributed by atoms with E-state index < -0.39 is 16.1 Å². The number of imidazole rings is 1. The van der Waals surface area contributed by atoms with E-state index in [2.05, 4.69) is 9.71 Å². The smallest absolute Gasteiger partial charge is 0.259 e. The average molecular weight is 268 g/mol. The molecule has 1 aromatic rings. The van der Waals surface area contributed by atoms with Crippen LogP contribution in [0.3, 0.4) is 0 Å². The van der Waals surface area contributed by atoms with Crippen LogP contribution in [-0.2, 0) is 17.1 Å². The van der Waals surface area contributed by atoms with Gasteiger partial charge in [0.05, 0.1) is 6.61 Å². The van der Waals surface area contributed by atoms with Gasteiger partial charge in [0, 0.05) is 19.3 Å². The van der Waals surface area contributed by atoms with E-state index in [1.807, 2.05) is 0 Å². The Labute approximate surface area is 99.3 Å². The molecule has 8 heteroatoms. The first-order valence-corrected chi connectivity index (χ1v) is 6.59. The van der Waals surface area contributed by atoms with Gasteiger partial charge < -0.3 is 9.67 Å². The maximum absolute atomic E-state index is 11.8. The molecule has 0 aliphatic rings. The molecule has 1 atom stereocenters. The van der Waals surface area contributed by atoms with Gasteiger partial charge in [-0.3, -0.25) is 0 Å². The number of rotatable bonds is 5. The van der Waals surface area contributed by atoms with Gasteiger partial charge in [-0.1, -0.05) is 6.92 Å². The molecule has 0 amide bonds. The lowest BCUT2D eigenvalue weighted by atomic mass is 10.3. The Morgan fingerprint density at radius 1 is 1.69 bits per heavy atom. The molecule has 0 saturated heterocycles. The monoisotopic (exact) mass is 267 g/mol. The summed E-state index contributed by atoms with van der Waals surface area (Å²) in [5.74, 6) is 0. The highest BCUT2D eigenvalue weighted by Crippen LogP contribution is 2.12. The fourth-order valence-electron chi connectivity index (χ4n) is 1.08. The minimum absolute atomic E-state index is 0.0948. The van der Waals surface area contributed by atoms with E-state index in [-0.39, 0.29) is 16.9 Å². The maximum atomic E-state index is 11.8. The summed E-state index contributed by atoms with van der Waals surface area (Å²) >= 11 is 5.65. The van der Waals surface area contributed by atoms with Gasteiger partial charge >= 0.3 is 0 Å². The Balaban J connectivity index is 2.94. The number of halogens is 1. The van der Waals surface area contributed by atoms with Gasteiger partial charge in [0.15, 0.2) is 5.03 Å². The van der Waals surface area contributed by atoms with Crippen LogP contribution < -0.4 is 4.72 Å². The lowest BCUT2D eigenvalue weighted by Gasteiger charge is -2.12. The Morgan fingerprint density at radius 3 is 2.69 bits per heavy atom. The van der Waals surface area contributed by atoms with Crippen LogP contribution in [0.25, 0.3) is 0 Å². The predicted molar refractivity (Wildman–Crippen MR) is 59.7 cm³/mol. The summed E-state index contributed by atoms with van der Waals surface area (Å²) in [7, 11) is -2.12. The standard InChI is InChI=1S/C8H14ClN3O3S/c1-3-6(5-13)11-16(14,15)7-4-12(2)8(9)10-7/h4,6,11,13H,3,5H2,1-2H3. The zero-order valence-electron chi connectivity index (χ0n) is 9.01. The van der Waals surface area contributed by atoms with E-state index in [0.29, 0.717) is 6.42 Å². The quantitative estimate of drug-likeness (QED) is 0.794. The fraction of sp³-hybridized carbons (Fsp3) is 0.625. The number of aromatic nitrogens is 2. The molecule has 0 saturated carbocycles. The van der Waals surface area contributed by atoms with Gasteiger partial charge in [-0.15, -0.1) is 0 Å². The average Bonchev–Trinajstić information content (AvgIpc) is 2.56. The fourth-order valence-corrected chi connectivity index (χ4v) is 2.57. The van der Waals surface area contributed by atoms with E-state index in [4.69, 9.17) is 16.7 Å².